The highest BCUT2D eigenvalue weighted by molar-refractivity contribution is 14.2. The number of ether oxygens (including phenoxy) is 1. The maximum absolute atomic E-state index is 11.4. The molecule has 106 valence electrons. The van der Waals surface area contributed by atoms with Crippen LogP contribution in [-0.2, 0) is 0 Å². The third-order valence-corrected chi connectivity index (χ3v) is 3.75. The summed E-state index contributed by atoms with van der Waals surface area (Å²) in [6.45, 7) is 3.90. The third-order valence-electron chi connectivity index (χ3n) is 2.19. The first kappa shape index (κ1) is 17.3. The number of benzene rings is 1. The Kier molecular flexibility index (Phi) is 7.76. The fourth-order valence-corrected chi connectivity index (χ4v) is 3.06. The fourth-order valence-electron chi connectivity index (χ4n) is 1.46. The molecule has 1 N–H and O–H groups in total. The van der Waals surface area contributed by atoms with Crippen molar-refractivity contribution in [2.75, 3.05) is 6.61 Å². The first-order valence-electron chi connectivity index (χ1n) is 5.01. The number of rotatable bonds is 7. The van der Waals surface area contributed by atoms with Crippen molar-refractivity contribution in [3.63, 3.8) is 0 Å². The summed E-state index contributed by atoms with van der Waals surface area (Å²) in [4.78, 5) is 11.4. The lowest BCUT2D eigenvalue weighted by atomic mass is 10.1. The maximum Gasteiger partial charge on any atom is 0.343 e. The SMILES string of the molecule is CCOc1c(C)c(OSI)cc(OSI)c1C(=O)O. The predicted molar refractivity (Wildman–Crippen MR) is 93.8 cm³/mol. The molecular formula is C10H10I2O5S2. The van der Waals surface area contributed by atoms with Crippen molar-refractivity contribution in [3.8, 4) is 17.2 Å². The van der Waals surface area contributed by atoms with Gasteiger partial charge in [-0.05, 0) is 13.8 Å². The third kappa shape index (κ3) is 4.36. The highest BCUT2D eigenvalue weighted by Crippen LogP contribution is 2.42. The second-order valence-corrected chi connectivity index (χ2v) is 5.98. The largest absolute Gasteiger partial charge is 0.492 e. The quantitative estimate of drug-likeness (QED) is 0.402. The summed E-state index contributed by atoms with van der Waals surface area (Å²) in [6.07, 6.45) is 0. The summed E-state index contributed by atoms with van der Waals surface area (Å²) in [7, 11) is 2.17. The van der Waals surface area contributed by atoms with Crippen molar-refractivity contribution in [1.82, 2.24) is 0 Å². The monoisotopic (exact) mass is 528 g/mol. The van der Waals surface area contributed by atoms with Crippen LogP contribution < -0.4 is 13.1 Å². The molecule has 0 unspecified atom stereocenters. The predicted octanol–water partition coefficient (Wildman–Crippen LogP) is 4.85. The van der Waals surface area contributed by atoms with E-state index in [1.54, 1.807) is 19.9 Å². The van der Waals surface area contributed by atoms with Gasteiger partial charge in [0.15, 0.2) is 5.75 Å². The second kappa shape index (κ2) is 8.52. The molecule has 0 aliphatic heterocycles. The van der Waals surface area contributed by atoms with Gasteiger partial charge in [0.05, 0.1) is 6.61 Å². The minimum atomic E-state index is -1.10. The Morgan fingerprint density at radius 1 is 1.32 bits per heavy atom. The molecule has 1 rings (SSSR count). The molecule has 0 amide bonds. The molecule has 0 atom stereocenters. The van der Waals surface area contributed by atoms with Gasteiger partial charge in [-0.25, -0.2) is 4.79 Å². The molecule has 1 aromatic carbocycles. The number of halogens is 2. The Bertz CT molecular complexity index is 470. The molecule has 0 aliphatic carbocycles. The van der Waals surface area contributed by atoms with Crippen LogP contribution in [0, 0.1) is 6.92 Å². The number of carboxylic acids is 1. The first-order valence-corrected chi connectivity index (χ1v) is 11.6. The molecule has 0 aromatic heterocycles. The van der Waals surface area contributed by atoms with E-state index in [2.05, 4.69) is 0 Å². The summed E-state index contributed by atoms with van der Waals surface area (Å²) < 4.78 is 16.1. The molecule has 0 saturated heterocycles. The van der Waals surface area contributed by atoms with Crippen LogP contribution >= 0.6 is 60.8 Å². The molecule has 0 radical (unpaired) electrons. The van der Waals surface area contributed by atoms with E-state index in [1.807, 2.05) is 42.4 Å². The van der Waals surface area contributed by atoms with E-state index < -0.39 is 5.97 Å². The Labute approximate surface area is 143 Å². The van der Waals surface area contributed by atoms with Crippen LogP contribution in [0.1, 0.15) is 22.8 Å². The van der Waals surface area contributed by atoms with Gasteiger partial charge in [0.1, 0.15) is 35.5 Å². The lowest BCUT2D eigenvalue weighted by Gasteiger charge is -2.16. The van der Waals surface area contributed by atoms with Crippen LogP contribution in [0.3, 0.4) is 0 Å². The zero-order valence-corrected chi connectivity index (χ0v) is 15.9. The van der Waals surface area contributed by atoms with E-state index in [0.29, 0.717) is 17.9 Å². The Morgan fingerprint density at radius 3 is 2.37 bits per heavy atom. The van der Waals surface area contributed by atoms with E-state index in [-0.39, 0.29) is 17.1 Å². The molecule has 9 heteroatoms. The maximum atomic E-state index is 11.4. The highest BCUT2D eigenvalue weighted by Gasteiger charge is 2.24. The average molecular weight is 528 g/mol. The number of hydrogen-bond acceptors (Lipinski definition) is 6. The van der Waals surface area contributed by atoms with Crippen molar-refractivity contribution < 1.29 is 23.0 Å². The highest BCUT2D eigenvalue weighted by atomic mass is 127. The molecule has 1 aromatic rings. The van der Waals surface area contributed by atoms with E-state index in [0.717, 1.165) is 18.4 Å². The number of carboxylic acid groups (broad SMARTS) is 1. The van der Waals surface area contributed by atoms with E-state index in [1.165, 1.54) is 0 Å². The molecule has 0 bridgehead atoms. The summed E-state index contributed by atoms with van der Waals surface area (Å²) in [5.74, 6) is -0.0891. The minimum absolute atomic E-state index is 0.00863. The second-order valence-electron chi connectivity index (χ2n) is 3.23. The van der Waals surface area contributed by atoms with Gasteiger partial charge in [0.2, 0.25) is 0 Å². The Hall–Kier alpha value is 0.250. The molecule has 0 spiro atoms. The molecular weight excluding hydrogens is 518 g/mol. The van der Waals surface area contributed by atoms with Crippen LogP contribution in [0.2, 0.25) is 0 Å². The van der Waals surface area contributed by atoms with Gasteiger partial charge in [-0.2, -0.15) is 0 Å². The minimum Gasteiger partial charge on any atom is -0.492 e. The molecule has 0 heterocycles. The van der Waals surface area contributed by atoms with Gasteiger partial charge in [-0.3, -0.25) is 0 Å². The van der Waals surface area contributed by atoms with Gasteiger partial charge < -0.3 is 18.2 Å². The van der Waals surface area contributed by atoms with Crippen molar-refractivity contribution >= 4 is 66.8 Å². The Balaban J connectivity index is 3.47. The zero-order chi connectivity index (χ0) is 14.4. The van der Waals surface area contributed by atoms with Crippen molar-refractivity contribution in [2.45, 2.75) is 13.8 Å². The van der Waals surface area contributed by atoms with Crippen LogP contribution in [0.15, 0.2) is 6.07 Å². The smallest absolute Gasteiger partial charge is 0.343 e. The average Bonchev–Trinajstić information content (AvgIpc) is 2.35. The Morgan fingerprint density at radius 2 is 1.89 bits per heavy atom. The van der Waals surface area contributed by atoms with Crippen LogP contribution in [0.4, 0.5) is 0 Å². The number of aromatic carboxylic acids is 1. The molecule has 0 saturated carbocycles. The van der Waals surface area contributed by atoms with Gasteiger partial charge in [-0.1, -0.05) is 0 Å². The van der Waals surface area contributed by atoms with Crippen molar-refractivity contribution in [1.29, 1.82) is 0 Å². The van der Waals surface area contributed by atoms with E-state index in [9.17, 15) is 9.90 Å². The van der Waals surface area contributed by atoms with Gasteiger partial charge in [0, 0.05) is 54.0 Å². The topological polar surface area (TPSA) is 65.0 Å². The molecule has 0 aliphatic rings. The summed E-state index contributed by atoms with van der Waals surface area (Å²) in [5.41, 5.74) is 0.642. The molecule has 5 nitrogen and oxygen atoms in total. The lowest BCUT2D eigenvalue weighted by molar-refractivity contribution is 0.0690. The standard InChI is InChI=1S/C10H10I2O5S2/c1-3-15-9-5(2)6(16-18-11)4-7(17-19-12)8(9)10(13)14/h4H,3H2,1-2H3,(H,13,14). The summed E-state index contributed by atoms with van der Waals surface area (Å²) in [6, 6.07) is 1.55. The molecule has 0 fully saturated rings. The lowest BCUT2D eigenvalue weighted by Crippen LogP contribution is -2.07. The molecule has 19 heavy (non-hydrogen) atoms. The van der Waals surface area contributed by atoms with Gasteiger partial charge in [-0.15, -0.1) is 0 Å². The van der Waals surface area contributed by atoms with Crippen LogP contribution in [-0.4, -0.2) is 17.7 Å². The number of hydrogen-bond donors (Lipinski definition) is 1. The van der Waals surface area contributed by atoms with Crippen LogP contribution in [0.25, 0.3) is 0 Å². The fraction of sp³-hybridized carbons (Fsp3) is 0.300. The summed E-state index contributed by atoms with van der Waals surface area (Å²) in [5, 5.41) is 9.33. The van der Waals surface area contributed by atoms with Gasteiger partial charge in [0.25, 0.3) is 0 Å². The van der Waals surface area contributed by atoms with Crippen molar-refractivity contribution in [2.24, 2.45) is 0 Å². The first-order chi connectivity index (χ1) is 9.06. The normalized spacial score (nSPS) is 10.1. The number of carbonyl (C=O) groups is 1. The summed E-state index contributed by atoms with van der Waals surface area (Å²) >= 11 is 3.90. The van der Waals surface area contributed by atoms with E-state index >= 15 is 0 Å². The van der Waals surface area contributed by atoms with E-state index in [4.69, 9.17) is 13.1 Å². The van der Waals surface area contributed by atoms with Crippen LogP contribution in [0.5, 0.6) is 17.2 Å². The zero-order valence-electron chi connectivity index (χ0n) is 9.94. The van der Waals surface area contributed by atoms with Gasteiger partial charge >= 0.3 is 5.97 Å². The van der Waals surface area contributed by atoms with Crippen molar-refractivity contribution in [3.05, 3.63) is 17.2 Å².